The summed E-state index contributed by atoms with van der Waals surface area (Å²) in [5.41, 5.74) is 1.04. The molecule has 0 radical (unpaired) electrons. The first-order valence-corrected chi connectivity index (χ1v) is 9.78. The normalized spacial score (nSPS) is 58.2. The molecule has 9 atom stereocenters. The van der Waals surface area contributed by atoms with E-state index in [0.29, 0.717) is 18.3 Å². The molecule has 0 unspecified atom stereocenters. The predicted octanol–water partition coefficient (Wildman–Crippen LogP) is 2.79. The number of allylic oxidation sites excluding steroid dienone is 1. The minimum absolute atomic E-state index is 0.0557. The summed E-state index contributed by atoms with van der Waals surface area (Å²) in [6.07, 6.45) is 8.50. The predicted molar refractivity (Wildman–Crippen MR) is 93.1 cm³/mol. The quantitative estimate of drug-likeness (QED) is 0.445. The molecule has 0 saturated heterocycles. The molecule has 0 heterocycles. The summed E-state index contributed by atoms with van der Waals surface area (Å²) in [7, 11) is 0. The second kappa shape index (κ2) is 5.17. The minimum atomic E-state index is -0.462. The van der Waals surface area contributed by atoms with E-state index in [4.69, 9.17) is 0 Å². The number of fused-ring (bicyclic) bond motifs is 5. The van der Waals surface area contributed by atoms with Crippen LogP contribution in [0.1, 0.15) is 39.5 Å². The number of rotatable bonds is 0. The minimum Gasteiger partial charge on any atom is -0.391 e. The highest BCUT2D eigenvalue weighted by molar-refractivity contribution is 9.09. The highest BCUT2D eigenvalue weighted by Crippen LogP contribution is 2.64. The Morgan fingerprint density at radius 2 is 1.91 bits per heavy atom. The van der Waals surface area contributed by atoms with Gasteiger partial charge in [0, 0.05) is 10.2 Å². The van der Waals surface area contributed by atoms with E-state index in [1.165, 1.54) is 5.57 Å². The average molecular weight is 383 g/mol. The Bertz CT molecular complexity index is 573. The van der Waals surface area contributed by atoms with Crippen molar-refractivity contribution in [1.29, 1.82) is 0 Å². The monoisotopic (exact) mass is 382 g/mol. The van der Waals surface area contributed by atoms with Gasteiger partial charge in [0.2, 0.25) is 0 Å². The molecule has 4 aliphatic carbocycles. The van der Waals surface area contributed by atoms with Crippen LogP contribution >= 0.6 is 15.9 Å². The van der Waals surface area contributed by atoms with E-state index in [9.17, 15) is 15.3 Å². The first kappa shape index (κ1) is 16.3. The van der Waals surface area contributed by atoms with Gasteiger partial charge in [-0.2, -0.15) is 0 Å². The van der Waals surface area contributed by atoms with Crippen molar-refractivity contribution in [2.45, 2.75) is 62.7 Å². The highest BCUT2D eigenvalue weighted by Gasteiger charge is 2.61. The third kappa shape index (κ3) is 2.11. The summed E-state index contributed by atoms with van der Waals surface area (Å²) in [4.78, 5) is 0.130. The SMILES string of the molecule is C[C@]12CC[C@H]3[C@@H]([C@@H](O)C=C4C[C@@H](O)C=C[C@@]43C)[C@@H]1C[C@H](Br)[C@@H]2O. The van der Waals surface area contributed by atoms with E-state index in [-0.39, 0.29) is 27.7 Å². The Morgan fingerprint density at radius 1 is 1.17 bits per heavy atom. The molecule has 0 aliphatic heterocycles. The van der Waals surface area contributed by atoms with Crippen molar-refractivity contribution in [2.75, 3.05) is 0 Å². The molecule has 3 nitrogen and oxygen atoms in total. The van der Waals surface area contributed by atoms with Gasteiger partial charge in [-0.25, -0.2) is 0 Å². The Kier molecular flexibility index (Phi) is 3.67. The smallest absolute Gasteiger partial charge is 0.0758 e. The molecular formula is C19H27BrO3. The summed E-state index contributed by atoms with van der Waals surface area (Å²) in [6.45, 7) is 4.47. The molecule has 4 aliphatic rings. The molecule has 2 fully saturated rings. The lowest BCUT2D eigenvalue weighted by atomic mass is 9.48. The zero-order valence-electron chi connectivity index (χ0n) is 13.8. The molecule has 0 bridgehead atoms. The van der Waals surface area contributed by atoms with Gasteiger partial charge in [0.1, 0.15) is 0 Å². The fraction of sp³-hybridized carbons (Fsp3) is 0.789. The van der Waals surface area contributed by atoms with Crippen molar-refractivity contribution in [3.8, 4) is 0 Å². The maximum atomic E-state index is 10.9. The van der Waals surface area contributed by atoms with Crippen LogP contribution in [0, 0.1) is 28.6 Å². The van der Waals surface area contributed by atoms with Crippen LogP contribution in [0.5, 0.6) is 0 Å². The summed E-state index contributed by atoms with van der Waals surface area (Å²) in [5.74, 6) is 0.925. The van der Waals surface area contributed by atoms with E-state index >= 15 is 0 Å². The van der Waals surface area contributed by atoms with E-state index in [1.54, 1.807) is 0 Å². The number of aliphatic hydroxyl groups is 3. The molecule has 0 amide bonds. The van der Waals surface area contributed by atoms with Crippen molar-refractivity contribution < 1.29 is 15.3 Å². The summed E-state index contributed by atoms with van der Waals surface area (Å²) in [6, 6.07) is 0. The zero-order valence-corrected chi connectivity index (χ0v) is 15.4. The number of alkyl halides is 1. The lowest BCUT2D eigenvalue weighted by Gasteiger charge is -2.57. The van der Waals surface area contributed by atoms with E-state index in [2.05, 4.69) is 35.9 Å². The first-order valence-electron chi connectivity index (χ1n) is 8.86. The van der Waals surface area contributed by atoms with E-state index in [0.717, 1.165) is 19.3 Å². The third-order valence-corrected chi connectivity index (χ3v) is 8.46. The van der Waals surface area contributed by atoms with Gasteiger partial charge in [0.15, 0.2) is 0 Å². The van der Waals surface area contributed by atoms with Gasteiger partial charge in [-0.3, -0.25) is 0 Å². The maximum Gasteiger partial charge on any atom is 0.0758 e. The van der Waals surface area contributed by atoms with Crippen molar-refractivity contribution >= 4 is 15.9 Å². The molecule has 3 N–H and O–H groups in total. The van der Waals surface area contributed by atoms with Gasteiger partial charge in [0.05, 0.1) is 18.3 Å². The average Bonchev–Trinajstić information content (AvgIpc) is 2.73. The van der Waals surface area contributed by atoms with Crippen LogP contribution in [-0.2, 0) is 0 Å². The second-order valence-electron chi connectivity index (χ2n) is 8.63. The highest BCUT2D eigenvalue weighted by atomic mass is 79.9. The van der Waals surface area contributed by atoms with Crippen LogP contribution in [-0.4, -0.2) is 38.5 Å². The largest absolute Gasteiger partial charge is 0.391 e. The topological polar surface area (TPSA) is 60.7 Å². The summed E-state index contributed by atoms with van der Waals surface area (Å²) in [5, 5.41) is 31.5. The van der Waals surface area contributed by atoms with Gasteiger partial charge in [0.25, 0.3) is 0 Å². The Hall–Kier alpha value is -0.160. The van der Waals surface area contributed by atoms with Crippen LogP contribution < -0.4 is 0 Å². The van der Waals surface area contributed by atoms with Gasteiger partial charge < -0.3 is 15.3 Å². The number of halogens is 1. The van der Waals surface area contributed by atoms with E-state index < -0.39 is 12.2 Å². The first-order chi connectivity index (χ1) is 10.8. The molecule has 0 spiro atoms. The van der Waals surface area contributed by atoms with Crippen molar-refractivity contribution in [3.05, 3.63) is 23.8 Å². The fourth-order valence-corrected chi connectivity index (χ4v) is 7.18. The van der Waals surface area contributed by atoms with Crippen LogP contribution in [0.3, 0.4) is 0 Å². The lowest BCUT2D eigenvalue weighted by molar-refractivity contribution is -0.0903. The van der Waals surface area contributed by atoms with E-state index in [1.807, 2.05) is 12.2 Å². The van der Waals surface area contributed by atoms with Crippen molar-refractivity contribution in [3.63, 3.8) is 0 Å². The van der Waals surface area contributed by atoms with Gasteiger partial charge in [-0.05, 0) is 48.9 Å². The second-order valence-corrected chi connectivity index (χ2v) is 9.80. The van der Waals surface area contributed by atoms with Gasteiger partial charge in [-0.15, -0.1) is 0 Å². The van der Waals surface area contributed by atoms with Crippen LogP contribution in [0.25, 0.3) is 0 Å². The van der Waals surface area contributed by atoms with Crippen molar-refractivity contribution in [1.82, 2.24) is 0 Å². The number of aliphatic hydroxyl groups excluding tert-OH is 3. The zero-order chi connectivity index (χ0) is 16.6. The van der Waals surface area contributed by atoms with Gasteiger partial charge in [-0.1, -0.05) is 53.6 Å². The van der Waals surface area contributed by atoms with Crippen molar-refractivity contribution in [2.24, 2.45) is 28.6 Å². The molecule has 0 aromatic heterocycles. The molecule has 0 aromatic rings. The molecule has 128 valence electrons. The van der Waals surface area contributed by atoms with Crippen LogP contribution in [0.2, 0.25) is 0 Å². The Morgan fingerprint density at radius 3 is 2.65 bits per heavy atom. The summed E-state index contributed by atoms with van der Waals surface area (Å²) >= 11 is 3.66. The molecule has 4 heteroatoms. The summed E-state index contributed by atoms with van der Waals surface area (Å²) < 4.78 is 0. The molecule has 0 aromatic carbocycles. The number of hydrogen-bond acceptors (Lipinski definition) is 3. The van der Waals surface area contributed by atoms with Crippen LogP contribution in [0.4, 0.5) is 0 Å². The fourth-order valence-electron chi connectivity index (χ4n) is 6.18. The number of hydrogen-bond donors (Lipinski definition) is 3. The molecule has 2 saturated carbocycles. The van der Waals surface area contributed by atoms with Crippen LogP contribution in [0.15, 0.2) is 23.8 Å². The maximum absolute atomic E-state index is 10.9. The Balaban J connectivity index is 1.76. The standard InChI is InChI=1S/C19H27BrO3/c1-18-5-3-11(21)7-10(18)8-15(22)16-12(18)4-6-19(2)13(16)9-14(20)17(19)23/h3,5,8,11-17,21-23H,4,6-7,9H2,1-2H3/t11-,12-,13-,14-,15-,16+,17-,18-,19-/m0/s1. The lowest BCUT2D eigenvalue weighted by Crippen LogP contribution is -2.54. The molecule has 23 heavy (non-hydrogen) atoms. The third-order valence-electron chi connectivity index (χ3n) is 7.59. The molecular weight excluding hydrogens is 356 g/mol. The Labute approximate surface area is 146 Å². The van der Waals surface area contributed by atoms with Gasteiger partial charge >= 0.3 is 0 Å². The molecule has 4 rings (SSSR count).